The third kappa shape index (κ3) is 3.76. The van der Waals surface area contributed by atoms with Gasteiger partial charge in [0, 0.05) is 11.8 Å². The molecular formula is C12H14Cl2N5+. The number of aromatic nitrogens is 3. The molecule has 100 valence electrons. The standard InChI is InChI=1S/C12H14Cl2N5/c1-19(2,3)9-6-4-5-8(7-9)15-12-17-10(13)16-11(14)18-12/h4-7H,1-3H3,(H,15,16,17,18)/q+1. The molecule has 0 aliphatic carbocycles. The molecule has 0 aliphatic rings. The lowest BCUT2D eigenvalue weighted by molar-refractivity contribution is 0.486. The quantitative estimate of drug-likeness (QED) is 0.885. The summed E-state index contributed by atoms with van der Waals surface area (Å²) in [6.07, 6.45) is 0. The van der Waals surface area contributed by atoms with Gasteiger partial charge in [-0.05, 0) is 35.3 Å². The zero-order chi connectivity index (χ0) is 14.0. The van der Waals surface area contributed by atoms with Crippen LogP contribution in [-0.4, -0.2) is 36.1 Å². The zero-order valence-corrected chi connectivity index (χ0v) is 12.4. The molecule has 0 amide bonds. The maximum absolute atomic E-state index is 5.73. The highest BCUT2D eigenvalue weighted by Gasteiger charge is 2.12. The van der Waals surface area contributed by atoms with Crippen molar-refractivity contribution in [3.8, 4) is 0 Å². The molecule has 0 saturated carbocycles. The van der Waals surface area contributed by atoms with Crippen LogP contribution in [-0.2, 0) is 0 Å². The van der Waals surface area contributed by atoms with E-state index < -0.39 is 0 Å². The Kier molecular flexibility index (Phi) is 3.89. The molecule has 1 heterocycles. The highest BCUT2D eigenvalue weighted by Crippen LogP contribution is 2.23. The summed E-state index contributed by atoms with van der Waals surface area (Å²) < 4.78 is 0.717. The molecule has 2 rings (SSSR count). The van der Waals surface area contributed by atoms with Crippen molar-refractivity contribution >= 4 is 40.5 Å². The molecular weight excluding hydrogens is 285 g/mol. The monoisotopic (exact) mass is 298 g/mol. The Morgan fingerprint density at radius 2 is 1.63 bits per heavy atom. The third-order valence-corrected chi connectivity index (χ3v) is 2.80. The number of nitrogens with one attached hydrogen (secondary N) is 1. The molecule has 5 nitrogen and oxygen atoms in total. The Hall–Kier alpha value is -1.43. The second-order valence-corrected chi connectivity index (χ2v) is 5.56. The van der Waals surface area contributed by atoms with Crippen LogP contribution in [0.2, 0.25) is 10.6 Å². The number of hydrogen-bond acceptors (Lipinski definition) is 4. The van der Waals surface area contributed by atoms with Crippen LogP contribution < -0.4 is 9.80 Å². The van der Waals surface area contributed by atoms with Gasteiger partial charge in [0.05, 0.1) is 21.1 Å². The van der Waals surface area contributed by atoms with Gasteiger partial charge in [0.25, 0.3) is 0 Å². The van der Waals surface area contributed by atoms with E-state index in [-0.39, 0.29) is 10.6 Å². The summed E-state index contributed by atoms with van der Waals surface area (Å²) in [5, 5.41) is 3.18. The maximum Gasteiger partial charge on any atom is 0.232 e. The molecule has 19 heavy (non-hydrogen) atoms. The van der Waals surface area contributed by atoms with Crippen molar-refractivity contribution < 1.29 is 0 Å². The van der Waals surface area contributed by atoms with Gasteiger partial charge in [0.15, 0.2) is 0 Å². The van der Waals surface area contributed by atoms with E-state index in [2.05, 4.69) is 47.5 Å². The fourth-order valence-electron chi connectivity index (χ4n) is 1.51. The summed E-state index contributed by atoms with van der Waals surface area (Å²) in [5.74, 6) is 0.323. The van der Waals surface area contributed by atoms with Crippen molar-refractivity contribution in [1.82, 2.24) is 19.4 Å². The van der Waals surface area contributed by atoms with Crippen LogP contribution in [0.5, 0.6) is 0 Å². The molecule has 0 bridgehead atoms. The van der Waals surface area contributed by atoms with Crippen molar-refractivity contribution in [1.29, 1.82) is 0 Å². The molecule has 0 unspecified atom stereocenters. The first-order valence-electron chi connectivity index (χ1n) is 5.61. The van der Waals surface area contributed by atoms with E-state index >= 15 is 0 Å². The molecule has 1 aromatic heterocycles. The Labute approximate surface area is 121 Å². The van der Waals surface area contributed by atoms with Gasteiger partial charge in [-0.1, -0.05) is 6.07 Å². The van der Waals surface area contributed by atoms with E-state index in [0.29, 0.717) is 10.4 Å². The Morgan fingerprint density at radius 3 is 2.21 bits per heavy atom. The summed E-state index contributed by atoms with van der Waals surface area (Å²) >= 11 is 11.5. The van der Waals surface area contributed by atoms with Crippen LogP contribution in [0.1, 0.15) is 0 Å². The van der Waals surface area contributed by atoms with Crippen LogP contribution in [0.3, 0.4) is 0 Å². The fraction of sp³-hybridized carbons (Fsp3) is 0.250. The molecule has 0 atom stereocenters. The lowest BCUT2D eigenvalue weighted by Crippen LogP contribution is -2.34. The largest absolute Gasteiger partial charge is 0.324 e. The average Bonchev–Trinajstić information content (AvgIpc) is 2.26. The number of hydrogen-bond donors (Lipinski definition) is 1. The van der Waals surface area contributed by atoms with Gasteiger partial charge in [-0.3, -0.25) is 4.48 Å². The molecule has 7 heteroatoms. The van der Waals surface area contributed by atoms with Gasteiger partial charge >= 0.3 is 0 Å². The van der Waals surface area contributed by atoms with Gasteiger partial charge in [-0.25, -0.2) is 0 Å². The Balaban J connectivity index is 2.28. The van der Waals surface area contributed by atoms with E-state index in [9.17, 15) is 0 Å². The van der Waals surface area contributed by atoms with Crippen LogP contribution in [0.15, 0.2) is 24.3 Å². The van der Waals surface area contributed by atoms with Crippen LogP contribution in [0.4, 0.5) is 17.3 Å². The number of halogens is 2. The number of nitrogens with zero attached hydrogens (tertiary/aromatic N) is 4. The molecule has 0 spiro atoms. The number of anilines is 2. The van der Waals surface area contributed by atoms with Gasteiger partial charge < -0.3 is 5.32 Å². The fourth-order valence-corrected chi connectivity index (χ4v) is 1.88. The SMILES string of the molecule is C[N+](C)(C)c1cccc(Nc2nc(Cl)nc(Cl)n2)c1. The van der Waals surface area contributed by atoms with Crippen LogP contribution >= 0.6 is 23.2 Å². The second kappa shape index (κ2) is 5.28. The lowest BCUT2D eigenvalue weighted by atomic mass is 10.2. The number of benzene rings is 1. The first kappa shape index (κ1) is 14.0. The normalized spacial score (nSPS) is 11.4. The van der Waals surface area contributed by atoms with Crippen molar-refractivity contribution in [2.45, 2.75) is 0 Å². The zero-order valence-electron chi connectivity index (χ0n) is 10.9. The molecule has 1 N–H and O–H groups in total. The predicted octanol–water partition coefficient (Wildman–Crippen LogP) is 3.12. The Morgan fingerprint density at radius 1 is 1.00 bits per heavy atom. The second-order valence-electron chi connectivity index (χ2n) is 4.88. The predicted molar refractivity (Wildman–Crippen MR) is 79.1 cm³/mol. The third-order valence-electron chi connectivity index (χ3n) is 2.46. The van der Waals surface area contributed by atoms with Crippen molar-refractivity contribution in [3.05, 3.63) is 34.8 Å². The lowest BCUT2D eigenvalue weighted by Gasteiger charge is -2.23. The molecule has 2 aromatic rings. The van der Waals surface area contributed by atoms with Crippen molar-refractivity contribution in [3.63, 3.8) is 0 Å². The first-order chi connectivity index (χ1) is 8.84. The first-order valence-corrected chi connectivity index (χ1v) is 6.36. The molecule has 0 saturated heterocycles. The Bertz CT molecular complexity index is 575. The van der Waals surface area contributed by atoms with Crippen molar-refractivity contribution in [2.24, 2.45) is 0 Å². The average molecular weight is 299 g/mol. The molecule has 0 radical (unpaired) electrons. The van der Waals surface area contributed by atoms with E-state index in [0.717, 1.165) is 11.4 Å². The van der Waals surface area contributed by atoms with Crippen molar-refractivity contribution in [2.75, 3.05) is 26.5 Å². The summed E-state index contributed by atoms with van der Waals surface area (Å²) in [7, 11) is 6.28. The van der Waals surface area contributed by atoms with Gasteiger partial charge in [0.1, 0.15) is 5.69 Å². The minimum absolute atomic E-state index is 0.0604. The van der Waals surface area contributed by atoms with Gasteiger partial charge in [-0.15, -0.1) is 0 Å². The summed E-state index contributed by atoms with van der Waals surface area (Å²) in [6, 6.07) is 7.96. The van der Waals surface area contributed by atoms with E-state index in [1.54, 1.807) is 0 Å². The van der Waals surface area contributed by atoms with Crippen LogP contribution in [0.25, 0.3) is 0 Å². The minimum Gasteiger partial charge on any atom is -0.324 e. The topological polar surface area (TPSA) is 50.7 Å². The smallest absolute Gasteiger partial charge is 0.232 e. The maximum atomic E-state index is 5.73. The number of quaternary nitrogens is 1. The molecule has 0 aliphatic heterocycles. The van der Waals surface area contributed by atoms with E-state index in [4.69, 9.17) is 23.2 Å². The summed E-state index contributed by atoms with van der Waals surface area (Å²) in [5.41, 5.74) is 2.01. The van der Waals surface area contributed by atoms with E-state index in [1.165, 1.54) is 0 Å². The number of rotatable bonds is 3. The molecule has 1 aromatic carbocycles. The van der Waals surface area contributed by atoms with Gasteiger partial charge in [-0.2, -0.15) is 15.0 Å². The van der Waals surface area contributed by atoms with Crippen LogP contribution in [0, 0.1) is 0 Å². The highest BCUT2D eigenvalue weighted by atomic mass is 35.5. The van der Waals surface area contributed by atoms with E-state index in [1.807, 2.05) is 18.2 Å². The summed E-state index contributed by atoms with van der Waals surface area (Å²) in [6.45, 7) is 0. The minimum atomic E-state index is 0.0604. The molecule has 0 fully saturated rings. The van der Waals surface area contributed by atoms with Gasteiger partial charge in [0.2, 0.25) is 16.5 Å². The highest BCUT2D eigenvalue weighted by molar-refractivity contribution is 6.31. The summed E-state index contributed by atoms with van der Waals surface area (Å²) in [4.78, 5) is 11.6.